The predicted molar refractivity (Wildman–Crippen MR) is 128 cm³/mol. The normalized spacial score (nSPS) is 19.4. The Morgan fingerprint density at radius 3 is 2.82 bits per heavy atom. The maximum Gasteiger partial charge on any atom is 0.419 e. The Balaban J connectivity index is 1.45. The minimum Gasteiger partial charge on any atom is -0.408 e. The topological polar surface area (TPSA) is 109 Å². The zero-order valence-corrected chi connectivity index (χ0v) is 19.7. The molecule has 1 aliphatic rings. The number of aromatic nitrogens is 1. The van der Waals surface area contributed by atoms with Crippen molar-refractivity contribution >= 4 is 28.8 Å². The largest absolute Gasteiger partial charge is 0.419 e. The zero-order chi connectivity index (χ0) is 24.2. The van der Waals surface area contributed by atoms with Crippen molar-refractivity contribution in [2.75, 3.05) is 26.0 Å². The fraction of sp³-hybridized carbons (Fsp3) is 0.375. The van der Waals surface area contributed by atoms with E-state index in [0.29, 0.717) is 35.4 Å². The summed E-state index contributed by atoms with van der Waals surface area (Å²) in [6, 6.07) is 11.1. The number of carbonyl (C=O) groups excluding carboxylic acids is 1. The SMILES string of the molecule is CSC1CNCC(C(=O)NC(C#N)Cc2ccc(-c3ccc4oc(=O)n(C)c4c3)cc2F)OC1. The summed E-state index contributed by atoms with van der Waals surface area (Å²) < 4.78 is 27.1. The second-order valence-electron chi connectivity index (χ2n) is 8.15. The molecule has 34 heavy (non-hydrogen) atoms. The van der Waals surface area contributed by atoms with Crippen LogP contribution in [0.1, 0.15) is 5.56 Å². The summed E-state index contributed by atoms with van der Waals surface area (Å²) in [6.45, 7) is 1.54. The van der Waals surface area contributed by atoms with E-state index in [1.165, 1.54) is 10.6 Å². The van der Waals surface area contributed by atoms with Crippen LogP contribution in [0.15, 0.2) is 45.6 Å². The van der Waals surface area contributed by atoms with Crippen molar-refractivity contribution in [2.24, 2.45) is 7.05 Å². The summed E-state index contributed by atoms with van der Waals surface area (Å²) in [5.41, 5.74) is 2.72. The monoisotopic (exact) mass is 484 g/mol. The minimum absolute atomic E-state index is 0.0250. The summed E-state index contributed by atoms with van der Waals surface area (Å²) in [5.74, 6) is -1.34. The zero-order valence-electron chi connectivity index (χ0n) is 18.8. The van der Waals surface area contributed by atoms with Crippen LogP contribution in [0.25, 0.3) is 22.2 Å². The van der Waals surface area contributed by atoms with E-state index in [1.54, 1.807) is 49.1 Å². The molecule has 4 rings (SSSR count). The molecule has 3 aromatic rings. The molecule has 0 saturated carbocycles. The van der Waals surface area contributed by atoms with Crippen molar-refractivity contribution in [2.45, 2.75) is 23.8 Å². The number of benzene rings is 2. The first kappa shape index (κ1) is 24.0. The fourth-order valence-corrected chi connectivity index (χ4v) is 4.35. The Morgan fingerprint density at radius 1 is 1.32 bits per heavy atom. The average molecular weight is 485 g/mol. The fourth-order valence-electron chi connectivity index (χ4n) is 3.85. The van der Waals surface area contributed by atoms with Crippen molar-refractivity contribution in [1.82, 2.24) is 15.2 Å². The van der Waals surface area contributed by atoms with Crippen LogP contribution in [0.4, 0.5) is 4.39 Å². The van der Waals surface area contributed by atoms with E-state index >= 15 is 0 Å². The summed E-state index contributed by atoms with van der Waals surface area (Å²) >= 11 is 1.66. The van der Waals surface area contributed by atoms with Gasteiger partial charge in [0.05, 0.1) is 18.2 Å². The lowest BCUT2D eigenvalue weighted by Crippen LogP contribution is -2.46. The molecule has 1 amide bonds. The van der Waals surface area contributed by atoms with Crippen molar-refractivity contribution < 1.29 is 18.3 Å². The van der Waals surface area contributed by atoms with Crippen molar-refractivity contribution in [3.05, 3.63) is 58.3 Å². The molecule has 0 bridgehead atoms. The number of thioether (sulfide) groups is 1. The summed E-state index contributed by atoms with van der Waals surface area (Å²) in [4.78, 5) is 24.3. The second-order valence-corrected chi connectivity index (χ2v) is 9.29. The van der Waals surface area contributed by atoms with Gasteiger partial charge in [-0.1, -0.05) is 18.2 Å². The van der Waals surface area contributed by atoms with Gasteiger partial charge in [-0.2, -0.15) is 17.0 Å². The molecule has 1 saturated heterocycles. The van der Waals surface area contributed by atoms with E-state index in [-0.39, 0.29) is 11.7 Å². The number of fused-ring (bicyclic) bond motifs is 1. The number of halogens is 1. The van der Waals surface area contributed by atoms with Gasteiger partial charge in [0.1, 0.15) is 18.0 Å². The first-order valence-electron chi connectivity index (χ1n) is 10.8. The van der Waals surface area contributed by atoms with Crippen LogP contribution in [0.2, 0.25) is 0 Å². The van der Waals surface area contributed by atoms with Crippen LogP contribution in [0, 0.1) is 17.1 Å². The first-order valence-corrected chi connectivity index (χ1v) is 12.1. The van der Waals surface area contributed by atoms with Gasteiger partial charge < -0.3 is 19.8 Å². The summed E-state index contributed by atoms with van der Waals surface area (Å²) in [7, 11) is 1.61. The van der Waals surface area contributed by atoms with E-state index in [0.717, 1.165) is 12.1 Å². The summed E-state index contributed by atoms with van der Waals surface area (Å²) in [5, 5.41) is 15.7. The maximum atomic E-state index is 14.9. The molecular formula is C24H25FN4O4S. The molecule has 1 fully saturated rings. The van der Waals surface area contributed by atoms with Gasteiger partial charge in [-0.05, 0) is 41.1 Å². The van der Waals surface area contributed by atoms with Crippen LogP contribution < -0.4 is 16.4 Å². The number of nitriles is 1. The van der Waals surface area contributed by atoms with Crippen LogP contribution in [0.5, 0.6) is 0 Å². The smallest absolute Gasteiger partial charge is 0.408 e. The van der Waals surface area contributed by atoms with Crippen molar-refractivity contribution in [3.8, 4) is 17.2 Å². The number of nitrogens with zero attached hydrogens (tertiary/aromatic N) is 2. The number of rotatable bonds is 6. The third-order valence-electron chi connectivity index (χ3n) is 5.88. The van der Waals surface area contributed by atoms with Crippen LogP contribution in [-0.2, 0) is 23.0 Å². The van der Waals surface area contributed by atoms with E-state index in [9.17, 15) is 19.2 Å². The Kier molecular flexibility index (Phi) is 7.36. The molecule has 2 aromatic carbocycles. The van der Waals surface area contributed by atoms with Crippen LogP contribution in [-0.4, -0.2) is 53.8 Å². The molecule has 1 aliphatic heterocycles. The lowest BCUT2D eigenvalue weighted by Gasteiger charge is -2.18. The van der Waals surface area contributed by atoms with Gasteiger partial charge in [0.15, 0.2) is 5.58 Å². The average Bonchev–Trinajstić information content (AvgIpc) is 3.00. The molecule has 3 unspecified atom stereocenters. The Bertz CT molecular complexity index is 1300. The Morgan fingerprint density at radius 2 is 2.09 bits per heavy atom. The minimum atomic E-state index is -0.896. The number of carbonyl (C=O) groups is 1. The highest BCUT2D eigenvalue weighted by atomic mass is 32.2. The summed E-state index contributed by atoms with van der Waals surface area (Å²) in [6.07, 6.45) is 1.31. The van der Waals surface area contributed by atoms with Crippen molar-refractivity contribution in [1.29, 1.82) is 5.26 Å². The number of hydrogen-bond donors (Lipinski definition) is 2. The van der Waals surface area contributed by atoms with E-state index in [1.807, 2.05) is 12.3 Å². The molecule has 8 nitrogen and oxygen atoms in total. The second kappa shape index (κ2) is 10.4. The van der Waals surface area contributed by atoms with Gasteiger partial charge in [-0.25, -0.2) is 9.18 Å². The predicted octanol–water partition coefficient (Wildman–Crippen LogP) is 2.21. The quantitative estimate of drug-likeness (QED) is 0.552. The highest BCUT2D eigenvalue weighted by Gasteiger charge is 2.26. The number of aryl methyl sites for hydroxylation is 1. The number of oxazole rings is 1. The third-order valence-corrected chi connectivity index (χ3v) is 6.85. The number of nitrogens with one attached hydrogen (secondary N) is 2. The lowest BCUT2D eigenvalue weighted by molar-refractivity contribution is -0.132. The molecule has 10 heteroatoms. The number of ether oxygens (including phenoxy) is 1. The molecule has 3 atom stereocenters. The van der Waals surface area contributed by atoms with Gasteiger partial charge >= 0.3 is 5.76 Å². The molecule has 0 radical (unpaired) electrons. The third kappa shape index (κ3) is 5.17. The molecule has 1 aromatic heterocycles. The lowest BCUT2D eigenvalue weighted by atomic mass is 10.00. The Hall–Kier alpha value is -3.13. The molecular weight excluding hydrogens is 459 g/mol. The molecule has 2 N–H and O–H groups in total. The standard InChI is InChI=1S/C24H25FN4O4S/c1-29-20-9-15(5-6-21(20)33-24(29)31)14-3-4-16(19(25)8-14)7-17(10-26)28-23(30)22-12-27-11-18(34-2)13-32-22/h3-6,8-9,17-18,22,27H,7,11-13H2,1-2H3,(H,28,30). The number of hydrogen-bond acceptors (Lipinski definition) is 7. The van der Waals surface area contributed by atoms with Gasteiger partial charge in [0.25, 0.3) is 5.91 Å². The highest BCUT2D eigenvalue weighted by Crippen LogP contribution is 2.26. The van der Waals surface area contributed by atoms with Gasteiger partial charge in [-0.15, -0.1) is 0 Å². The van der Waals surface area contributed by atoms with Crippen molar-refractivity contribution in [3.63, 3.8) is 0 Å². The van der Waals surface area contributed by atoms with E-state index in [4.69, 9.17) is 9.15 Å². The molecule has 2 heterocycles. The molecule has 0 spiro atoms. The molecule has 0 aliphatic carbocycles. The maximum absolute atomic E-state index is 14.9. The van der Waals surface area contributed by atoms with E-state index < -0.39 is 29.6 Å². The first-order chi connectivity index (χ1) is 16.4. The van der Waals surface area contributed by atoms with Gasteiger partial charge in [0.2, 0.25) is 0 Å². The number of amides is 1. The van der Waals surface area contributed by atoms with Crippen LogP contribution >= 0.6 is 11.8 Å². The van der Waals surface area contributed by atoms with Crippen LogP contribution in [0.3, 0.4) is 0 Å². The molecule has 178 valence electrons. The van der Waals surface area contributed by atoms with Gasteiger partial charge in [-0.3, -0.25) is 9.36 Å². The van der Waals surface area contributed by atoms with E-state index in [2.05, 4.69) is 10.6 Å². The highest BCUT2D eigenvalue weighted by molar-refractivity contribution is 7.99. The Labute approximate surface area is 200 Å². The van der Waals surface area contributed by atoms with Gasteiger partial charge in [0, 0.05) is 31.8 Å².